The third-order valence-corrected chi connectivity index (χ3v) is 4.90. The highest BCUT2D eigenvalue weighted by atomic mass is 16.5. The molecule has 3 heteroatoms. The second kappa shape index (κ2) is 6.25. The molecule has 2 fully saturated rings. The van der Waals surface area contributed by atoms with Gasteiger partial charge in [-0.3, -0.25) is 4.90 Å². The van der Waals surface area contributed by atoms with Crippen molar-refractivity contribution < 1.29 is 9.84 Å². The minimum Gasteiger partial charge on any atom is -0.387 e. The van der Waals surface area contributed by atoms with Gasteiger partial charge < -0.3 is 9.84 Å². The van der Waals surface area contributed by atoms with Gasteiger partial charge in [0.05, 0.1) is 18.8 Å². The van der Waals surface area contributed by atoms with Gasteiger partial charge in [0, 0.05) is 18.6 Å². The van der Waals surface area contributed by atoms with Crippen molar-refractivity contribution in [3.05, 3.63) is 35.9 Å². The van der Waals surface area contributed by atoms with Crippen molar-refractivity contribution >= 4 is 0 Å². The number of rotatable bonds is 3. The number of ether oxygens (including phenoxy) is 1. The molecule has 0 aromatic heterocycles. The summed E-state index contributed by atoms with van der Waals surface area (Å²) >= 11 is 0. The monoisotopic (exact) mass is 275 g/mol. The Balaban J connectivity index is 1.73. The molecule has 110 valence electrons. The highest BCUT2D eigenvalue weighted by Gasteiger charge is 2.38. The Morgan fingerprint density at radius 2 is 1.95 bits per heavy atom. The summed E-state index contributed by atoms with van der Waals surface area (Å²) < 4.78 is 5.92. The molecular weight excluding hydrogens is 250 g/mol. The van der Waals surface area contributed by atoms with E-state index >= 15 is 0 Å². The van der Waals surface area contributed by atoms with Crippen LogP contribution in [0.25, 0.3) is 0 Å². The summed E-state index contributed by atoms with van der Waals surface area (Å²) in [6.45, 7) is 3.88. The van der Waals surface area contributed by atoms with Gasteiger partial charge >= 0.3 is 0 Å². The summed E-state index contributed by atoms with van der Waals surface area (Å²) in [5, 5.41) is 10.6. The van der Waals surface area contributed by atoms with Crippen LogP contribution in [-0.4, -0.2) is 41.3 Å². The maximum absolute atomic E-state index is 10.6. The summed E-state index contributed by atoms with van der Waals surface area (Å²) in [7, 11) is 0. The second-order valence-corrected chi connectivity index (χ2v) is 6.09. The number of aliphatic hydroxyl groups is 1. The predicted octanol–water partition coefficient (Wildman–Crippen LogP) is 2.75. The number of benzene rings is 1. The van der Waals surface area contributed by atoms with Crippen LogP contribution in [0.2, 0.25) is 0 Å². The number of aliphatic hydroxyl groups excluding tert-OH is 1. The minimum absolute atomic E-state index is 0.145. The first-order chi connectivity index (χ1) is 9.77. The molecule has 1 aromatic rings. The predicted molar refractivity (Wildman–Crippen MR) is 79.6 cm³/mol. The zero-order valence-corrected chi connectivity index (χ0v) is 12.2. The van der Waals surface area contributed by atoms with E-state index in [4.69, 9.17) is 4.74 Å². The molecule has 2 aliphatic rings. The minimum atomic E-state index is -0.420. The SMILES string of the molecule is CC(C(O)c1ccccc1)N1CCOC2CCCCC21. The van der Waals surface area contributed by atoms with Crippen LogP contribution in [0.4, 0.5) is 0 Å². The molecule has 4 unspecified atom stereocenters. The molecular formula is C17H25NO2. The molecule has 0 radical (unpaired) electrons. The van der Waals surface area contributed by atoms with Crippen LogP contribution in [0.3, 0.4) is 0 Å². The third kappa shape index (κ3) is 2.76. The lowest BCUT2D eigenvalue weighted by molar-refractivity contribution is -0.115. The fourth-order valence-corrected chi connectivity index (χ4v) is 3.74. The molecule has 1 N–H and O–H groups in total. The van der Waals surface area contributed by atoms with Crippen molar-refractivity contribution in [1.29, 1.82) is 0 Å². The van der Waals surface area contributed by atoms with E-state index in [0.717, 1.165) is 18.7 Å². The maximum atomic E-state index is 10.6. The van der Waals surface area contributed by atoms with Crippen molar-refractivity contribution in [3.63, 3.8) is 0 Å². The Bertz CT molecular complexity index is 420. The van der Waals surface area contributed by atoms with Crippen LogP contribution < -0.4 is 0 Å². The summed E-state index contributed by atoms with van der Waals surface area (Å²) in [6.07, 6.45) is 4.91. The summed E-state index contributed by atoms with van der Waals surface area (Å²) in [5.74, 6) is 0. The molecule has 0 bridgehead atoms. The summed E-state index contributed by atoms with van der Waals surface area (Å²) in [4.78, 5) is 2.48. The molecule has 4 atom stereocenters. The highest BCUT2D eigenvalue weighted by molar-refractivity contribution is 5.19. The first kappa shape index (κ1) is 14.1. The van der Waals surface area contributed by atoms with E-state index in [9.17, 15) is 5.11 Å². The number of morpholine rings is 1. The van der Waals surface area contributed by atoms with Crippen LogP contribution in [0.15, 0.2) is 30.3 Å². The Morgan fingerprint density at radius 1 is 1.20 bits per heavy atom. The van der Waals surface area contributed by atoms with Crippen molar-refractivity contribution in [2.24, 2.45) is 0 Å². The van der Waals surface area contributed by atoms with Crippen LogP contribution in [0, 0.1) is 0 Å². The van der Waals surface area contributed by atoms with Crippen molar-refractivity contribution in [1.82, 2.24) is 4.90 Å². The van der Waals surface area contributed by atoms with E-state index in [1.54, 1.807) is 0 Å². The van der Waals surface area contributed by atoms with Crippen LogP contribution >= 0.6 is 0 Å². The van der Waals surface area contributed by atoms with Crippen molar-refractivity contribution in [3.8, 4) is 0 Å². The van der Waals surface area contributed by atoms with Gasteiger partial charge in [0.25, 0.3) is 0 Å². The van der Waals surface area contributed by atoms with E-state index in [2.05, 4.69) is 11.8 Å². The van der Waals surface area contributed by atoms with Gasteiger partial charge in [-0.1, -0.05) is 43.2 Å². The molecule has 3 nitrogen and oxygen atoms in total. The van der Waals surface area contributed by atoms with E-state index in [-0.39, 0.29) is 6.04 Å². The molecule has 0 amide bonds. The summed E-state index contributed by atoms with van der Waals surface area (Å²) in [5.41, 5.74) is 1.01. The van der Waals surface area contributed by atoms with Gasteiger partial charge in [-0.05, 0) is 25.3 Å². The average molecular weight is 275 g/mol. The molecule has 1 aromatic carbocycles. The molecule has 0 spiro atoms. The largest absolute Gasteiger partial charge is 0.387 e. The molecule has 1 aliphatic heterocycles. The molecule has 1 saturated carbocycles. The Morgan fingerprint density at radius 3 is 2.75 bits per heavy atom. The highest BCUT2D eigenvalue weighted by Crippen LogP contribution is 2.32. The van der Waals surface area contributed by atoms with Gasteiger partial charge in [-0.15, -0.1) is 0 Å². The third-order valence-electron chi connectivity index (χ3n) is 4.90. The molecule has 1 saturated heterocycles. The molecule has 1 heterocycles. The van der Waals surface area contributed by atoms with Crippen LogP contribution in [-0.2, 0) is 4.74 Å². The van der Waals surface area contributed by atoms with Crippen LogP contribution in [0.5, 0.6) is 0 Å². The lowest BCUT2D eigenvalue weighted by Gasteiger charge is -2.47. The Hall–Kier alpha value is -0.900. The van der Waals surface area contributed by atoms with Gasteiger partial charge in [-0.25, -0.2) is 0 Å². The van der Waals surface area contributed by atoms with Crippen molar-refractivity contribution in [2.75, 3.05) is 13.2 Å². The van der Waals surface area contributed by atoms with Gasteiger partial charge in [0.1, 0.15) is 0 Å². The zero-order valence-electron chi connectivity index (χ0n) is 12.2. The zero-order chi connectivity index (χ0) is 13.9. The maximum Gasteiger partial charge on any atom is 0.0942 e. The van der Waals surface area contributed by atoms with Crippen molar-refractivity contribution in [2.45, 2.75) is 56.9 Å². The fourth-order valence-electron chi connectivity index (χ4n) is 3.74. The second-order valence-electron chi connectivity index (χ2n) is 6.09. The summed E-state index contributed by atoms with van der Waals surface area (Å²) in [6, 6.07) is 10.6. The van der Waals surface area contributed by atoms with E-state index in [1.807, 2.05) is 30.3 Å². The van der Waals surface area contributed by atoms with Gasteiger partial charge in [0.15, 0.2) is 0 Å². The Kier molecular flexibility index (Phi) is 4.39. The number of hydrogen-bond donors (Lipinski definition) is 1. The van der Waals surface area contributed by atoms with E-state index < -0.39 is 6.10 Å². The lowest BCUT2D eigenvalue weighted by atomic mass is 9.88. The number of fused-ring (bicyclic) bond motifs is 1. The standard InChI is InChI=1S/C17H25NO2/c1-13(17(19)14-7-3-2-4-8-14)18-11-12-20-16-10-6-5-9-15(16)18/h2-4,7-8,13,15-17,19H,5-6,9-12H2,1H3. The van der Waals surface area contributed by atoms with E-state index in [1.165, 1.54) is 25.7 Å². The first-order valence-corrected chi connectivity index (χ1v) is 7.88. The fraction of sp³-hybridized carbons (Fsp3) is 0.647. The normalized spacial score (nSPS) is 30.5. The quantitative estimate of drug-likeness (QED) is 0.920. The molecule has 3 rings (SSSR count). The average Bonchev–Trinajstić information content (AvgIpc) is 2.54. The lowest BCUT2D eigenvalue weighted by Crippen LogP contribution is -2.56. The van der Waals surface area contributed by atoms with E-state index in [0.29, 0.717) is 12.1 Å². The first-order valence-electron chi connectivity index (χ1n) is 7.88. The molecule has 1 aliphatic carbocycles. The Labute approximate surface area is 121 Å². The topological polar surface area (TPSA) is 32.7 Å². The smallest absolute Gasteiger partial charge is 0.0942 e. The molecule has 20 heavy (non-hydrogen) atoms. The number of hydrogen-bond acceptors (Lipinski definition) is 3. The van der Waals surface area contributed by atoms with Gasteiger partial charge in [-0.2, -0.15) is 0 Å². The van der Waals surface area contributed by atoms with Gasteiger partial charge in [0.2, 0.25) is 0 Å². The number of nitrogens with zero attached hydrogens (tertiary/aromatic N) is 1. The van der Waals surface area contributed by atoms with Crippen LogP contribution in [0.1, 0.15) is 44.3 Å².